The van der Waals surface area contributed by atoms with Gasteiger partial charge in [0.15, 0.2) is 5.69 Å². The Bertz CT molecular complexity index is 1760. The number of benzene rings is 3. The molecule has 8 nitrogen and oxygen atoms in total. The van der Waals surface area contributed by atoms with Crippen molar-refractivity contribution < 1.29 is 27.1 Å². The van der Waals surface area contributed by atoms with Crippen molar-refractivity contribution in [2.24, 2.45) is 5.92 Å². The van der Waals surface area contributed by atoms with E-state index in [2.05, 4.69) is 11.7 Å². The number of carbonyl (C=O) groups excluding carboxylic acids is 1. The van der Waals surface area contributed by atoms with Crippen molar-refractivity contribution >= 4 is 22.0 Å². The second kappa shape index (κ2) is 11.5. The third-order valence-electron chi connectivity index (χ3n) is 7.42. The Kier molecular flexibility index (Phi) is 7.59. The van der Waals surface area contributed by atoms with E-state index in [-0.39, 0.29) is 11.6 Å². The molecule has 1 unspecified atom stereocenters. The van der Waals surface area contributed by atoms with E-state index in [9.17, 15) is 17.6 Å². The number of sulfonamides is 1. The number of amides is 1. The number of rotatable bonds is 9. The normalized spacial score (nSPS) is 15.7. The van der Waals surface area contributed by atoms with Crippen molar-refractivity contribution in [2.75, 3.05) is 13.2 Å². The van der Waals surface area contributed by atoms with E-state index in [1.165, 1.54) is 29.0 Å². The minimum atomic E-state index is -4.29. The van der Waals surface area contributed by atoms with Crippen LogP contribution < -0.4 is 0 Å². The number of aromatic nitrogens is 2. The monoisotopic (exact) mass is 585 g/mol. The second-order valence-corrected chi connectivity index (χ2v) is 11.8. The highest BCUT2D eigenvalue weighted by Gasteiger charge is 2.41. The van der Waals surface area contributed by atoms with Gasteiger partial charge in [-0.3, -0.25) is 4.79 Å². The van der Waals surface area contributed by atoms with Crippen molar-refractivity contribution in [3.8, 4) is 16.9 Å². The molecule has 2 aliphatic heterocycles. The van der Waals surface area contributed by atoms with Crippen molar-refractivity contribution in [2.45, 2.75) is 19.3 Å². The number of ether oxygens (including phenoxy) is 2. The molecule has 0 spiro atoms. The van der Waals surface area contributed by atoms with Gasteiger partial charge in [0.2, 0.25) is 0 Å². The molecular weight excluding hydrogens is 557 g/mol. The largest absolute Gasteiger partial charge is 0.381 e. The summed E-state index contributed by atoms with van der Waals surface area (Å²) in [5, 5.41) is 5.62. The molecule has 0 bridgehead atoms. The van der Waals surface area contributed by atoms with E-state index in [4.69, 9.17) is 9.47 Å². The Morgan fingerprint density at radius 3 is 2.48 bits per heavy atom. The molecule has 3 heterocycles. The Balaban J connectivity index is 1.47. The van der Waals surface area contributed by atoms with Crippen LogP contribution in [-0.2, 0) is 32.7 Å². The summed E-state index contributed by atoms with van der Waals surface area (Å²) in [7, 11) is -4.29. The summed E-state index contributed by atoms with van der Waals surface area (Å²) in [6.07, 6.45) is 2.90. The zero-order chi connectivity index (χ0) is 29.3. The van der Waals surface area contributed by atoms with Crippen LogP contribution in [0.2, 0.25) is 0 Å². The van der Waals surface area contributed by atoms with Crippen molar-refractivity contribution in [1.29, 1.82) is 0 Å². The van der Waals surface area contributed by atoms with E-state index >= 15 is 0 Å². The molecule has 0 saturated carbocycles. The quantitative estimate of drug-likeness (QED) is 0.246. The van der Waals surface area contributed by atoms with Crippen LogP contribution >= 0.6 is 0 Å². The van der Waals surface area contributed by atoms with Gasteiger partial charge in [0.05, 0.1) is 49.3 Å². The molecule has 10 heteroatoms. The lowest BCUT2D eigenvalue weighted by molar-refractivity contribution is -0.0499. The van der Waals surface area contributed by atoms with Gasteiger partial charge in [-0.15, -0.1) is 6.58 Å². The first-order chi connectivity index (χ1) is 20.4. The maximum absolute atomic E-state index is 14.2. The molecule has 0 N–H and O–H groups in total. The number of carbonyl (C=O) groups is 1. The van der Waals surface area contributed by atoms with Crippen LogP contribution in [-0.4, -0.2) is 47.7 Å². The van der Waals surface area contributed by atoms with Gasteiger partial charge >= 0.3 is 0 Å². The van der Waals surface area contributed by atoms with E-state index in [0.29, 0.717) is 43.4 Å². The minimum absolute atomic E-state index is 0.0883. The molecular formula is C32H28FN3O5S. The molecule has 1 atom stereocenters. The predicted octanol–water partition coefficient (Wildman–Crippen LogP) is 5.35. The predicted molar refractivity (Wildman–Crippen MR) is 156 cm³/mol. The zero-order valence-electron chi connectivity index (χ0n) is 22.6. The smallest absolute Gasteiger partial charge is 0.288 e. The molecule has 1 fully saturated rings. The molecule has 1 aromatic heterocycles. The van der Waals surface area contributed by atoms with Gasteiger partial charge < -0.3 is 9.47 Å². The standard InChI is InChI=1S/C32H28FN3O5S/c1-2-30(24-19-40-20-24)36(42(38,39)16-15-22-7-4-3-5-8-22)32(37)29-17-31(27-10-6-9-23-18-41-21-28(23)27)35(34-29)26-13-11-25(33)12-14-26/h2-17,24,30H,1,18-21H2/b16-15+. The fourth-order valence-corrected chi connectivity index (χ4v) is 6.54. The molecule has 214 valence electrons. The van der Waals surface area contributed by atoms with Crippen molar-refractivity contribution in [1.82, 2.24) is 14.1 Å². The van der Waals surface area contributed by atoms with Gasteiger partial charge in [0, 0.05) is 11.5 Å². The lowest BCUT2D eigenvalue weighted by Gasteiger charge is -2.37. The van der Waals surface area contributed by atoms with Crippen LogP contribution in [0.1, 0.15) is 27.2 Å². The van der Waals surface area contributed by atoms with Crippen LogP contribution in [0.3, 0.4) is 0 Å². The average molecular weight is 586 g/mol. The summed E-state index contributed by atoms with van der Waals surface area (Å²) in [4.78, 5) is 14.2. The number of hydrogen-bond donors (Lipinski definition) is 0. The maximum atomic E-state index is 14.2. The van der Waals surface area contributed by atoms with Gasteiger partial charge in [-0.05, 0) is 53.1 Å². The molecule has 3 aromatic carbocycles. The maximum Gasteiger partial charge on any atom is 0.288 e. The van der Waals surface area contributed by atoms with Crippen LogP contribution in [0.25, 0.3) is 23.0 Å². The highest BCUT2D eigenvalue weighted by Crippen LogP contribution is 2.34. The van der Waals surface area contributed by atoms with Crippen LogP contribution in [0.5, 0.6) is 0 Å². The van der Waals surface area contributed by atoms with E-state index < -0.39 is 27.8 Å². The van der Waals surface area contributed by atoms with Gasteiger partial charge in [-0.2, -0.15) is 5.10 Å². The minimum Gasteiger partial charge on any atom is -0.381 e. The summed E-state index contributed by atoms with van der Waals surface area (Å²) < 4.78 is 54.8. The van der Waals surface area contributed by atoms with E-state index in [1.807, 2.05) is 24.3 Å². The third kappa shape index (κ3) is 5.32. The molecule has 1 saturated heterocycles. The van der Waals surface area contributed by atoms with Crippen LogP contribution in [0.15, 0.2) is 96.9 Å². The third-order valence-corrected chi connectivity index (χ3v) is 8.86. The zero-order valence-corrected chi connectivity index (χ0v) is 23.4. The molecule has 1 amide bonds. The number of nitrogens with zero attached hydrogens (tertiary/aromatic N) is 3. The molecule has 0 radical (unpaired) electrons. The molecule has 42 heavy (non-hydrogen) atoms. The fraction of sp³-hybridized carbons (Fsp3) is 0.188. The first-order valence-corrected chi connectivity index (χ1v) is 14.9. The molecule has 6 rings (SSSR count). The molecule has 2 aliphatic rings. The summed E-state index contributed by atoms with van der Waals surface area (Å²) in [5.41, 5.74) is 4.38. The summed E-state index contributed by atoms with van der Waals surface area (Å²) >= 11 is 0. The van der Waals surface area contributed by atoms with Gasteiger partial charge in [0.1, 0.15) is 5.82 Å². The molecule has 0 aliphatic carbocycles. The Hall–Kier alpha value is -4.38. The van der Waals surface area contributed by atoms with Crippen molar-refractivity contribution in [3.05, 3.63) is 125 Å². The van der Waals surface area contributed by atoms with Gasteiger partial charge in [-0.25, -0.2) is 21.8 Å². The number of halogens is 1. The summed E-state index contributed by atoms with van der Waals surface area (Å²) in [6, 6.07) is 21.1. The van der Waals surface area contributed by atoms with Gasteiger partial charge in [-0.1, -0.05) is 54.6 Å². The van der Waals surface area contributed by atoms with E-state index in [1.54, 1.807) is 42.5 Å². The SMILES string of the molecule is C=CC(C1COC1)N(C(=O)c1cc(-c2cccc3c2COC3)n(-c2ccc(F)cc2)n1)S(=O)(=O)/C=C/c1ccccc1. The highest BCUT2D eigenvalue weighted by molar-refractivity contribution is 7.92. The fourth-order valence-electron chi connectivity index (χ4n) is 5.16. The highest BCUT2D eigenvalue weighted by atomic mass is 32.2. The van der Waals surface area contributed by atoms with Crippen molar-refractivity contribution in [3.63, 3.8) is 0 Å². The average Bonchev–Trinajstić information content (AvgIpc) is 3.63. The van der Waals surface area contributed by atoms with E-state index in [0.717, 1.165) is 26.4 Å². The lowest BCUT2D eigenvalue weighted by atomic mass is 9.98. The summed E-state index contributed by atoms with van der Waals surface area (Å²) in [5.74, 6) is -1.48. The number of fused-ring (bicyclic) bond motifs is 1. The Morgan fingerprint density at radius 1 is 1.02 bits per heavy atom. The lowest BCUT2D eigenvalue weighted by Crippen LogP contribution is -2.51. The first kappa shape index (κ1) is 27.8. The first-order valence-electron chi connectivity index (χ1n) is 13.4. The molecule has 4 aromatic rings. The second-order valence-electron chi connectivity index (χ2n) is 10.1. The van der Waals surface area contributed by atoms with Crippen LogP contribution in [0.4, 0.5) is 4.39 Å². The topological polar surface area (TPSA) is 90.7 Å². The number of hydrogen-bond acceptors (Lipinski definition) is 6. The van der Waals surface area contributed by atoms with Crippen LogP contribution in [0, 0.1) is 11.7 Å². The summed E-state index contributed by atoms with van der Waals surface area (Å²) in [6.45, 7) is 5.28. The Labute approximate surface area is 243 Å². The van der Waals surface area contributed by atoms with Gasteiger partial charge in [0.25, 0.3) is 15.9 Å². The Morgan fingerprint density at radius 2 is 1.79 bits per heavy atom.